The van der Waals surface area contributed by atoms with E-state index in [1.165, 1.54) is 12.3 Å². The van der Waals surface area contributed by atoms with Gasteiger partial charge in [-0.15, -0.1) is 0 Å². The van der Waals surface area contributed by atoms with E-state index >= 15 is 0 Å². The number of hydrogen-bond donors (Lipinski definition) is 3. The summed E-state index contributed by atoms with van der Waals surface area (Å²) >= 11 is 5.88. The van der Waals surface area contributed by atoms with Crippen molar-refractivity contribution in [1.82, 2.24) is 15.2 Å². The Bertz CT molecular complexity index is 1480. The summed E-state index contributed by atoms with van der Waals surface area (Å²) < 4.78 is 0. The molecule has 42 heavy (non-hydrogen) atoms. The van der Waals surface area contributed by atoms with E-state index in [0.29, 0.717) is 48.7 Å². The number of carboxylic acids is 1. The SMILES string of the molecule is Cc1ccc(C(CC(=O)O)NC(=O)c2ccc(N3CCN(C(=O)C4CC4)CC3)c(NC(=O)c3ccc(Cl)nc3)c2)cc1. The van der Waals surface area contributed by atoms with Crippen molar-refractivity contribution < 1.29 is 24.3 Å². The number of rotatable bonds is 9. The standard InChI is InChI=1S/C31H32ClN5O5/c1-19-2-4-20(5-3-19)24(17-28(38)39)34-29(40)22-8-10-26(36-12-14-37(15-13-36)31(42)21-6-7-21)25(16-22)35-30(41)23-9-11-27(32)33-18-23/h2-5,8-11,16,18,21,24H,6-7,12-15,17H2,1H3,(H,34,40)(H,35,41)(H,38,39). The molecule has 3 N–H and O–H groups in total. The Hall–Kier alpha value is -4.44. The summed E-state index contributed by atoms with van der Waals surface area (Å²) in [5, 5.41) is 15.5. The number of halogens is 1. The van der Waals surface area contributed by atoms with Crippen molar-refractivity contribution in [3.05, 3.63) is 88.2 Å². The number of carbonyl (C=O) groups excluding carboxylic acids is 3. The van der Waals surface area contributed by atoms with Crippen molar-refractivity contribution in [3.8, 4) is 0 Å². The Morgan fingerprint density at radius 2 is 1.64 bits per heavy atom. The molecule has 10 nitrogen and oxygen atoms in total. The number of aliphatic carboxylic acids is 1. The molecule has 3 aromatic rings. The van der Waals surface area contributed by atoms with Gasteiger partial charge in [0.1, 0.15) is 5.15 Å². The predicted octanol–water partition coefficient (Wildman–Crippen LogP) is 4.30. The molecule has 1 saturated carbocycles. The summed E-state index contributed by atoms with van der Waals surface area (Å²) in [6, 6.07) is 14.7. The van der Waals surface area contributed by atoms with Gasteiger partial charge in [-0.3, -0.25) is 19.2 Å². The molecule has 0 radical (unpaired) electrons. The lowest BCUT2D eigenvalue weighted by molar-refractivity contribution is -0.137. The van der Waals surface area contributed by atoms with Crippen LogP contribution in [0, 0.1) is 12.8 Å². The Morgan fingerprint density at radius 1 is 0.952 bits per heavy atom. The molecule has 1 aliphatic heterocycles. The maximum absolute atomic E-state index is 13.4. The minimum absolute atomic E-state index is 0.155. The van der Waals surface area contributed by atoms with Crippen molar-refractivity contribution in [2.45, 2.75) is 32.2 Å². The van der Waals surface area contributed by atoms with Gasteiger partial charge in [0, 0.05) is 43.9 Å². The molecule has 1 aliphatic carbocycles. The second kappa shape index (κ2) is 12.6. The van der Waals surface area contributed by atoms with Gasteiger partial charge in [-0.1, -0.05) is 41.4 Å². The summed E-state index contributed by atoms with van der Waals surface area (Å²) in [7, 11) is 0. The fourth-order valence-corrected chi connectivity index (χ4v) is 5.09. The Labute approximate surface area is 248 Å². The van der Waals surface area contributed by atoms with Crippen LogP contribution in [-0.2, 0) is 9.59 Å². The summed E-state index contributed by atoms with van der Waals surface area (Å²) in [5.41, 5.74) is 3.36. The van der Waals surface area contributed by atoms with Crippen LogP contribution in [0.5, 0.6) is 0 Å². The molecule has 1 saturated heterocycles. The second-order valence-electron chi connectivity index (χ2n) is 10.7. The Kier molecular flexibility index (Phi) is 8.72. The first kappa shape index (κ1) is 29.1. The number of aryl methyl sites for hydroxylation is 1. The number of nitrogens with zero attached hydrogens (tertiary/aromatic N) is 3. The second-order valence-corrected chi connectivity index (χ2v) is 11.1. The topological polar surface area (TPSA) is 132 Å². The van der Waals surface area contributed by atoms with Gasteiger partial charge in [0.15, 0.2) is 0 Å². The van der Waals surface area contributed by atoms with E-state index in [1.807, 2.05) is 24.0 Å². The average Bonchev–Trinajstić information content (AvgIpc) is 3.83. The van der Waals surface area contributed by atoms with Crippen LogP contribution in [0.4, 0.5) is 11.4 Å². The highest BCUT2D eigenvalue weighted by atomic mass is 35.5. The van der Waals surface area contributed by atoms with Gasteiger partial charge in [-0.2, -0.15) is 0 Å². The van der Waals surface area contributed by atoms with Gasteiger partial charge in [-0.25, -0.2) is 4.98 Å². The van der Waals surface area contributed by atoms with Crippen LogP contribution in [0.1, 0.15) is 57.1 Å². The minimum Gasteiger partial charge on any atom is -0.481 e. The van der Waals surface area contributed by atoms with Gasteiger partial charge >= 0.3 is 5.97 Å². The number of carbonyl (C=O) groups is 4. The molecule has 1 atom stereocenters. The molecule has 5 rings (SSSR count). The van der Waals surface area contributed by atoms with Crippen molar-refractivity contribution in [3.63, 3.8) is 0 Å². The zero-order chi connectivity index (χ0) is 29.8. The molecular formula is C31H32ClN5O5. The highest BCUT2D eigenvalue weighted by Gasteiger charge is 2.35. The molecule has 0 spiro atoms. The lowest BCUT2D eigenvalue weighted by Gasteiger charge is -2.37. The number of hydrogen-bond acceptors (Lipinski definition) is 6. The summed E-state index contributed by atoms with van der Waals surface area (Å²) in [5.74, 6) is -1.59. The number of nitrogens with one attached hydrogen (secondary N) is 2. The third-order valence-electron chi connectivity index (χ3n) is 7.52. The molecule has 218 valence electrons. The summed E-state index contributed by atoms with van der Waals surface area (Å²) in [6.45, 7) is 4.21. The quantitative estimate of drug-likeness (QED) is 0.317. The number of pyridine rings is 1. The molecular weight excluding hydrogens is 558 g/mol. The lowest BCUT2D eigenvalue weighted by atomic mass is 10.0. The molecule has 1 aromatic heterocycles. The minimum atomic E-state index is -1.04. The maximum Gasteiger partial charge on any atom is 0.305 e. The number of benzene rings is 2. The molecule has 3 amide bonds. The summed E-state index contributed by atoms with van der Waals surface area (Å²) in [6.07, 6.45) is 2.99. The number of amides is 3. The first-order valence-corrected chi connectivity index (χ1v) is 14.3. The van der Waals surface area contributed by atoms with Crippen molar-refractivity contribution in [1.29, 1.82) is 0 Å². The number of piperazine rings is 1. The van der Waals surface area contributed by atoms with Crippen LogP contribution in [-0.4, -0.2) is 64.9 Å². The van der Waals surface area contributed by atoms with E-state index in [1.54, 1.807) is 36.4 Å². The molecule has 2 aromatic carbocycles. The van der Waals surface area contributed by atoms with Crippen LogP contribution in [0.2, 0.25) is 5.15 Å². The van der Waals surface area contributed by atoms with Gasteiger partial charge in [0.05, 0.1) is 29.4 Å². The smallest absolute Gasteiger partial charge is 0.305 e. The number of aromatic nitrogens is 1. The third-order valence-corrected chi connectivity index (χ3v) is 7.74. The fourth-order valence-electron chi connectivity index (χ4n) is 4.98. The average molecular weight is 590 g/mol. The molecule has 2 fully saturated rings. The number of anilines is 2. The molecule has 11 heteroatoms. The van der Waals surface area contributed by atoms with Gasteiger partial charge < -0.3 is 25.5 Å². The normalized spacial score (nSPS) is 15.6. The van der Waals surface area contributed by atoms with Gasteiger partial charge in [-0.05, 0) is 55.7 Å². The number of carboxylic acid groups (broad SMARTS) is 1. The van der Waals surface area contributed by atoms with Crippen LogP contribution in [0.3, 0.4) is 0 Å². The molecule has 2 aliphatic rings. The largest absolute Gasteiger partial charge is 0.481 e. The zero-order valence-electron chi connectivity index (χ0n) is 23.2. The summed E-state index contributed by atoms with van der Waals surface area (Å²) in [4.78, 5) is 58.6. The monoisotopic (exact) mass is 589 g/mol. The van der Waals surface area contributed by atoms with E-state index in [-0.39, 0.29) is 29.0 Å². The third kappa shape index (κ3) is 7.06. The fraction of sp³-hybridized carbons (Fsp3) is 0.323. The van der Waals surface area contributed by atoms with Gasteiger partial charge in [0.25, 0.3) is 11.8 Å². The van der Waals surface area contributed by atoms with Gasteiger partial charge in [0.2, 0.25) is 5.91 Å². The zero-order valence-corrected chi connectivity index (χ0v) is 23.9. The Morgan fingerprint density at radius 3 is 2.26 bits per heavy atom. The maximum atomic E-state index is 13.4. The van der Waals surface area contributed by atoms with Crippen LogP contribution in [0.15, 0.2) is 60.8 Å². The van der Waals surface area contributed by atoms with Crippen molar-refractivity contribution >= 4 is 46.7 Å². The molecule has 1 unspecified atom stereocenters. The van der Waals surface area contributed by atoms with Crippen LogP contribution >= 0.6 is 11.6 Å². The predicted molar refractivity (Wildman–Crippen MR) is 159 cm³/mol. The van der Waals surface area contributed by atoms with Crippen LogP contribution < -0.4 is 15.5 Å². The van der Waals surface area contributed by atoms with Crippen LogP contribution in [0.25, 0.3) is 0 Å². The first-order valence-electron chi connectivity index (χ1n) is 13.9. The van der Waals surface area contributed by atoms with E-state index in [2.05, 4.69) is 20.5 Å². The molecule has 2 heterocycles. The van der Waals surface area contributed by atoms with E-state index < -0.39 is 23.8 Å². The first-order chi connectivity index (χ1) is 20.2. The van der Waals surface area contributed by atoms with Crippen molar-refractivity contribution in [2.24, 2.45) is 5.92 Å². The lowest BCUT2D eigenvalue weighted by Crippen LogP contribution is -2.49. The van der Waals surface area contributed by atoms with Crippen molar-refractivity contribution in [2.75, 3.05) is 36.4 Å². The van der Waals surface area contributed by atoms with E-state index in [4.69, 9.17) is 11.6 Å². The van der Waals surface area contributed by atoms with E-state index in [9.17, 15) is 24.3 Å². The highest BCUT2D eigenvalue weighted by Crippen LogP contribution is 2.33. The van der Waals surface area contributed by atoms with E-state index in [0.717, 1.165) is 18.4 Å². The highest BCUT2D eigenvalue weighted by molar-refractivity contribution is 6.29. The Balaban J connectivity index is 1.39. The molecule has 0 bridgehead atoms.